The van der Waals surface area contributed by atoms with Crippen LogP contribution in [-0.4, -0.2) is 34.4 Å². The maximum atomic E-state index is 13.1. The molecule has 0 unspecified atom stereocenters. The molecular formula is C27H26N2O4. The molecule has 1 N–H and O–H groups in total. The van der Waals surface area contributed by atoms with Crippen LogP contribution in [0.3, 0.4) is 0 Å². The van der Waals surface area contributed by atoms with Crippen LogP contribution in [0.4, 0.5) is 0 Å². The molecule has 1 aromatic heterocycles. The summed E-state index contributed by atoms with van der Waals surface area (Å²) in [5, 5.41) is 10.7. The monoisotopic (exact) mass is 442 g/mol. The van der Waals surface area contributed by atoms with Crippen LogP contribution in [0.2, 0.25) is 0 Å². The standard InChI is InChI=1S/C27H26N2O4/c1-32-20-8-4-6-18(14-20)15-25-26(31)21-10-11-24(30)22(27(21)33-25)17-29-13-3-2-9-23(29)19-7-5-12-28-16-19/h4-8,10-12,14-16,23,30H,2-3,9,13,17H2,1H3/b25-15-/t23-/m0/s1. The van der Waals surface area contributed by atoms with Gasteiger partial charge in [0.2, 0.25) is 5.78 Å². The van der Waals surface area contributed by atoms with E-state index in [2.05, 4.69) is 16.0 Å². The van der Waals surface area contributed by atoms with E-state index in [1.54, 1.807) is 31.5 Å². The van der Waals surface area contributed by atoms with E-state index < -0.39 is 0 Å². The average molecular weight is 443 g/mol. The minimum atomic E-state index is -0.184. The van der Waals surface area contributed by atoms with Crippen molar-refractivity contribution in [1.29, 1.82) is 0 Å². The number of aromatic nitrogens is 1. The minimum absolute atomic E-state index is 0.139. The second-order valence-corrected chi connectivity index (χ2v) is 8.42. The number of piperidine rings is 1. The molecule has 3 aromatic rings. The van der Waals surface area contributed by atoms with Crippen LogP contribution in [0.15, 0.2) is 66.7 Å². The van der Waals surface area contributed by atoms with Gasteiger partial charge in [-0.25, -0.2) is 0 Å². The zero-order valence-electron chi connectivity index (χ0n) is 18.5. The van der Waals surface area contributed by atoms with Gasteiger partial charge in [0, 0.05) is 25.0 Å². The van der Waals surface area contributed by atoms with Gasteiger partial charge in [0.15, 0.2) is 5.76 Å². The number of carbonyl (C=O) groups excluding carboxylic acids is 1. The molecule has 1 atom stereocenters. The number of Topliss-reactive ketones (excluding diaryl/α,β-unsaturated/α-hetero) is 1. The number of phenolic OH excluding ortho intramolecular Hbond substituents is 1. The number of allylic oxidation sites excluding steroid dienone is 1. The Balaban J connectivity index is 1.46. The lowest BCUT2D eigenvalue weighted by Crippen LogP contribution is -2.33. The Kier molecular flexibility index (Phi) is 5.84. The summed E-state index contributed by atoms with van der Waals surface area (Å²) >= 11 is 0. The smallest absolute Gasteiger partial charge is 0.231 e. The van der Waals surface area contributed by atoms with E-state index in [1.165, 1.54) is 5.56 Å². The Labute approximate surface area is 193 Å². The third-order valence-electron chi connectivity index (χ3n) is 6.35. The van der Waals surface area contributed by atoms with Gasteiger partial charge >= 0.3 is 0 Å². The third-order valence-corrected chi connectivity index (χ3v) is 6.35. The van der Waals surface area contributed by atoms with E-state index in [0.29, 0.717) is 29.2 Å². The fourth-order valence-corrected chi connectivity index (χ4v) is 4.67. The summed E-state index contributed by atoms with van der Waals surface area (Å²) in [6, 6.07) is 14.9. The topological polar surface area (TPSA) is 71.9 Å². The van der Waals surface area contributed by atoms with Gasteiger partial charge in [-0.3, -0.25) is 14.7 Å². The molecule has 0 radical (unpaired) electrons. The highest BCUT2D eigenvalue weighted by atomic mass is 16.5. The molecule has 5 rings (SSSR count). The summed E-state index contributed by atoms with van der Waals surface area (Å²) in [5.74, 6) is 1.35. The van der Waals surface area contributed by atoms with Crippen molar-refractivity contribution in [2.45, 2.75) is 31.8 Å². The molecule has 2 aliphatic heterocycles. The Morgan fingerprint density at radius 3 is 2.94 bits per heavy atom. The summed E-state index contributed by atoms with van der Waals surface area (Å²) in [5.41, 5.74) is 3.10. The normalized spacial score (nSPS) is 19.4. The maximum Gasteiger partial charge on any atom is 0.231 e. The summed E-state index contributed by atoms with van der Waals surface area (Å²) in [4.78, 5) is 19.7. The van der Waals surface area contributed by atoms with Crippen molar-refractivity contribution in [3.63, 3.8) is 0 Å². The van der Waals surface area contributed by atoms with Gasteiger partial charge in [0.05, 0.1) is 18.2 Å². The van der Waals surface area contributed by atoms with E-state index in [9.17, 15) is 9.90 Å². The molecule has 2 aromatic carbocycles. The number of nitrogens with zero attached hydrogens (tertiary/aromatic N) is 2. The molecule has 0 saturated carbocycles. The predicted octanol–water partition coefficient (Wildman–Crippen LogP) is 5.14. The first kappa shape index (κ1) is 21.2. The first-order chi connectivity index (χ1) is 16.1. The lowest BCUT2D eigenvalue weighted by molar-refractivity contribution is 0.101. The number of ether oxygens (including phenoxy) is 2. The molecule has 6 nitrogen and oxygen atoms in total. The molecular weight excluding hydrogens is 416 g/mol. The van der Waals surface area contributed by atoms with Crippen molar-refractivity contribution in [3.8, 4) is 17.2 Å². The molecule has 1 fully saturated rings. The highest BCUT2D eigenvalue weighted by Gasteiger charge is 2.33. The Bertz CT molecular complexity index is 1210. The number of likely N-dealkylation sites (tertiary alicyclic amines) is 1. The SMILES string of the molecule is COc1cccc(/C=C2\Oc3c(ccc(O)c3CN3CCCC[C@H]3c3cccnc3)C2=O)c1. The number of phenols is 1. The average Bonchev–Trinajstić information content (AvgIpc) is 3.17. The Morgan fingerprint density at radius 1 is 1.21 bits per heavy atom. The second-order valence-electron chi connectivity index (χ2n) is 8.42. The van der Waals surface area contributed by atoms with Crippen LogP contribution in [0.5, 0.6) is 17.2 Å². The first-order valence-corrected chi connectivity index (χ1v) is 11.2. The maximum absolute atomic E-state index is 13.1. The van der Waals surface area contributed by atoms with Crippen LogP contribution in [0.25, 0.3) is 6.08 Å². The number of carbonyl (C=O) groups is 1. The van der Waals surface area contributed by atoms with E-state index in [4.69, 9.17) is 9.47 Å². The summed E-state index contributed by atoms with van der Waals surface area (Å²) in [7, 11) is 1.60. The van der Waals surface area contributed by atoms with Crippen molar-refractivity contribution in [2.75, 3.05) is 13.7 Å². The molecule has 0 spiro atoms. The fourth-order valence-electron chi connectivity index (χ4n) is 4.67. The lowest BCUT2D eigenvalue weighted by atomic mass is 9.95. The molecule has 2 aliphatic rings. The number of pyridine rings is 1. The summed E-state index contributed by atoms with van der Waals surface area (Å²) in [6.07, 6.45) is 8.67. The summed E-state index contributed by atoms with van der Waals surface area (Å²) in [6.45, 7) is 1.40. The highest BCUT2D eigenvalue weighted by Crippen LogP contribution is 2.42. The molecule has 3 heterocycles. The van der Waals surface area contributed by atoms with E-state index >= 15 is 0 Å². The van der Waals surface area contributed by atoms with Gasteiger partial charge in [0.1, 0.15) is 17.2 Å². The number of methoxy groups -OCH3 is 1. The van der Waals surface area contributed by atoms with E-state index in [-0.39, 0.29) is 23.3 Å². The fraction of sp³-hybridized carbons (Fsp3) is 0.259. The van der Waals surface area contributed by atoms with Gasteiger partial charge in [-0.1, -0.05) is 24.6 Å². The van der Waals surface area contributed by atoms with Crippen LogP contribution in [0.1, 0.15) is 52.4 Å². The Hall–Kier alpha value is -3.64. The number of rotatable bonds is 5. The molecule has 0 amide bonds. The van der Waals surface area contributed by atoms with Gasteiger partial charge in [-0.05, 0) is 66.9 Å². The third kappa shape index (κ3) is 4.22. The van der Waals surface area contributed by atoms with E-state index in [0.717, 1.165) is 31.4 Å². The second kappa shape index (κ2) is 9.08. The van der Waals surface area contributed by atoms with Crippen molar-refractivity contribution >= 4 is 11.9 Å². The van der Waals surface area contributed by atoms with Gasteiger partial charge < -0.3 is 14.6 Å². The molecule has 6 heteroatoms. The number of hydrogen-bond acceptors (Lipinski definition) is 6. The lowest BCUT2D eigenvalue weighted by Gasteiger charge is -2.36. The number of benzene rings is 2. The van der Waals surface area contributed by atoms with Crippen LogP contribution in [-0.2, 0) is 6.54 Å². The molecule has 1 saturated heterocycles. The van der Waals surface area contributed by atoms with Crippen molar-refractivity contribution in [2.24, 2.45) is 0 Å². The molecule has 33 heavy (non-hydrogen) atoms. The Morgan fingerprint density at radius 2 is 2.12 bits per heavy atom. The largest absolute Gasteiger partial charge is 0.507 e. The molecule has 0 bridgehead atoms. The zero-order chi connectivity index (χ0) is 22.8. The van der Waals surface area contributed by atoms with Crippen molar-refractivity contribution in [3.05, 3.63) is 88.9 Å². The summed E-state index contributed by atoms with van der Waals surface area (Å²) < 4.78 is 11.3. The number of aromatic hydroxyl groups is 1. The van der Waals surface area contributed by atoms with Gasteiger partial charge in [-0.15, -0.1) is 0 Å². The van der Waals surface area contributed by atoms with Crippen molar-refractivity contribution in [1.82, 2.24) is 9.88 Å². The van der Waals surface area contributed by atoms with Crippen LogP contribution < -0.4 is 9.47 Å². The van der Waals surface area contributed by atoms with Crippen molar-refractivity contribution < 1.29 is 19.4 Å². The quantitative estimate of drug-likeness (QED) is 0.552. The first-order valence-electron chi connectivity index (χ1n) is 11.2. The van der Waals surface area contributed by atoms with Gasteiger partial charge in [0.25, 0.3) is 0 Å². The number of fused-ring (bicyclic) bond motifs is 1. The van der Waals surface area contributed by atoms with Crippen LogP contribution in [0, 0.1) is 0 Å². The zero-order valence-corrected chi connectivity index (χ0v) is 18.5. The number of ketones is 1. The van der Waals surface area contributed by atoms with Gasteiger partial charge in [-0.2, -0.15) is 0 Å². The minimum Gasteiger partial charge on any atom is -0.507 e. The highest BCUT2D eigenvalue weighted by molar-refractivity contribution is 6.15. The molecule has 168 valence electrons. The van der Waals surface area contributed by atoms with Crippen LogP contribution >= 0.6 is 0 Å². The predicted molar refractivity (Wildman–Crippen MR) is 125 cm³/mol. The molecule has 0 aliphatic carbocycles. The number of hydrogen-bond donors (Lipinski definition) is 1. The van der Waals surface area contributed by atoms with E-state index in [1.807, 2.05) is 36.5 Å².